The SMILES string of the molecule is Cc1ccc2c(c1)S[C@@H](C(=O)N1CCC[C@@H]1c1ccc[nH]1)C2. The van der Waals surface area contributed by atoms with E-state index in [1.165, 1.54) is 21.7 Å². The first-order chi connectivity index (χ1) is 10.7. The molecule has 1 fully saturated rings. The van der Waals surface area contributed by atoms with E-state index >= 15 is 0 Å². The molecule has 0 aliphatic carbocycles. The van der Waals surface area contributed by atoms with E-state index in [4.69, 9.17) is 0 Å². The number of nitrogens with zero attached hydrogens (tertiary/aromatic N) is 1. The van der Waals surface area contributed by atoms with Gasteiger partial charge in [0.05, 0.1) is 11.3 Å². The molecule has 2 aromatic rings. The Kier molecular flexibility index (Phi) is 3.49. The lowest BCUT2D eigenvalue weighted by Crippen LogP contribution is -2.37. The third kappa shape index (κ3) is 2.35. The largest absolute Gasteiger partial charge is 0.363 e. The molecule has 0 unspecified atom stereocenters. The number of aryl methyl sites for hydroxylation is 1. The maximum Gasteiger partial charge on any atom is 0.236 e. The van der Waals surface area contributed by atoms with Crippen LogP contribution in [0.15, 0.2) is 41.4 Å². The molecule has 114 valence electrons. The molecule has 22 heavy (non-hydrogen) atoms. The minimum absolute atomic E-state index is 0.0485. The fourth-order valence-corrected chi connectivity index (χ4v) is 4.93. The monoisotopic (exact) mass is 312 g/mol. The lowest BCUT2D eigenvalue weighted by atomic mass is 10.1. The smallest absolute Gasteiger partial charge is 0.236 e. The molecule has 1 aromatic heterocycles. The van der Waals surface area contributed by atoms with Crippen molar-refractivity contribution >= 4 is 17.7 Å². The summed E-state index contributed by atoms with van der Waals surface area (Å²) in [6.45, 7) is 2.99. The summed E-state index contributed by atoms with van der Waals surface area (Å²) >= 11 is 1.74. The van der Waals surface area contributed by atoms with E-state index in [0.29, 0.717) is 5.91 Å². The van der Waals surface area contributed by atoms with Crippen molar-refractivity contribution in [1.82, 2.24) is 9.88 Å². The van der Waals surface area contributed by atoms with E-state index in [-0.39, 0.29) is 11.3 Å². The molecule has 1 aromatic carbocycles. The van der Waals surface area contributed by atoms with Gasteiger partial charge in [0.25, 0.3) is 0 Å². The Hall–Kier alpha value is -1.68. The number of carbonyl (C=O) groups is 1. The molecule has 3 heterocycles. The summed E-state index contributed by atoms with van der Waals surface area (Å²) in [4.78, 5) is 19.6. The highest BCUT2D eigenvalue weighted by molar-refractivity contribution is 8.01. The lowest BCUT2D eigenvalue weighted by Gasteiger charge is -2.26. The van der Waals surface area contributed by atoms with E-state index in [9.17, 15) is 4.79 Å². The molecule has 0 radical (unpaired) electrons. The number of rotatable bonds is 2. The van der Waals surface area contributed by atoms with Gasteiger partial charge >= 0.3 is 0 Å². The minimum Gasteiger partial charge on any atom is -0.363 e. The van der Waals surface area contributed by atoms with Crippen LogP contribution in [0.5, 0.6) is 0 Å². The number of fused-ring (bicyclic) bond motifs is 1. The molecule has 2 aliphatic rings. The predicted octanol–water partition coefficient (Wildman–Crippen LogP) is 3.70. The fraction of sp³-hybridized carbons (Fsp3) is 0.389. The van der Waals surface area contributed by atoms with Crippen LogP contribution in [0.3, 0.4) is 0 Å². The number of carbonyl (C=O) groups excluding carboxylic acids is 1. The van der Waals surface area contributed by atoms with Crippen LogP contribution in [0.2, 0.25) is 0 Å². The zero-order valence-electron chi connectivity index (χ0n) is 12.7. The summed E-state index contributed by atoms with van der Waals surface area (Å²) in [6.07, 6.45) is 4.97. The van der Waals surface area contributed by atoms with Gasteiger partial charge in [-0.25, -0.2) is 0 Å². The Morgan fingerprint density at radius 2 is 2.27 bits per heavy atom. The summed E-state index contributed by atoms with van der Waals surface area (Å²) in [5.74, 6) is 0.302. The first kappa shape index (κ1) is 13.9. The Labute approximate surface area is 135 Å². The number of likely N-dealkylation sites (tertiary alicyclic amines) is 1. The van der Waals surface area contributed by atoms with Crippen LogP contribution in [0.1, 0.15) is 35.7 Å². The highest BCUT2D eigenvalue weighted by Crippen LogP contribution is 2.41. The van der Waals surface area contributed by atoms with Crippen LogP contribution in [0.4, 0.5) is 0 Å². The molecule has 1 amide bonds. The molecule has 3 nitrogen and oxygen atoms in total. The van der Waals surface area contributed by atoms with Crippen molar-refractivity contribution in [2.24, 2.45) is 0 Å². The second-order valence-corrected chi connectivity index (χ2v) is 7.48. The number of H-pyrrole nitrogens is 1. The van der Waals surface area contributed by atoms with E-state index < -0.39 is 0 Å². The number of hydrogen-bond donors (Lipinski definition) is 1. The van der Waals surface area contributed by atoms with E-state index in [2.05, 4.69) is 41.1 Å². The van der Waals surface area contributed by atoms with Crippen molar-refractivity contribution in [3.63, 3.8) is 0 Å². The van der Waals surface area contributed by atoms with Crippen molar-refractivity contribution in [3.8, 4) is 0 Å². The van der Waals surface area contributed by atoms with Crippen molar-refractivity contribution in [2.45, 2.75) is 42.4 Å². The number of aromatic amines is 1. The standard InChI is InChI=1S/C18H20N2OS/c1-12-6-7-13-11-17(22-16(13)10-12)18(21)20-9-3-5-15(20)14-4-2-8-19-14/h2,4,6-8,10,15,17,19H,3,5,9,11H2,1H3/t15-,17-/m1/s1. The maximum absolute atomic E-state index is 13.0. The number of amides is 1. The Bertz CT molecular complexity index is 695. The molecule has 2 atom stereocenters. The van der Waals surface area contributed by atoms with Gasteiger partial charge in [0.1, 0.15) is 0 Å². The van der Waals surface area contributed by atoms with Gasteiger partial charge in [0, 0.05) is 23.3 Å². The second-order valence-electron chi connectivity index (χ2n) is 6.24. The first-order valence-electron chi connectivity index (χ1n) is 7.92. The van der Waals surface area contributed by atoms with Gasteiger partial charge in [-0.2, -0.15) is 0 Å². The Balaban J connectivity index is 1.53. The maximum atomic E-state index is 13.0. The van der Waals surface area contributed by atoms with Crippen LogP contribution in [0, 0.1) is 6.92 Å². The third-order valence-corrected chi connectivity index (χ3v) is 5.98. The van der Waals surface area contributed by atoms with Crippen LogP contribution in [-0.2, 0) is 11.2 Å². The highest BCUT2D eigenvalue weighted by atomic mass is 32.2. The Morgan fingerprint density at radius 1 is 1.36 bits per heavy atom. The quantitative estimate of drug-likeness (QED) is 0.918. The van der Waals surface area contributed by atoms with Crippen molar-refractivity contribution in [1.29, 1.82) is 0 Å². The molecule has 4 heteroatoms. The average molecular weight is 312 g/mol. The molecule has 0 saturated carbocycles. The number of aromatic nitrogens is 1. The number of nitrogens with one attached hydrogen (secondary N) is 1. The van der Waals surface area contributed by atoms with Crippen molar-refractivity contribution in [2.75, 3.05) is 6.54 Å². The normalized spacial score (nSPS) is 23.8. The minimum atomic E-state index is 0.0485. The molecule has 4 rings (SSSR count). The first-order valence-corrected chi connectivity index (χ1v) is 8.80. The van der Waals surface area contributed by atoms with Crippen LogP contribution >= 0.6 is 11.8 Å². The van der Waals surface area contributed by atoms with Crippen LogP contribution in [-0.4, -0.2) is 27.6 Å². The summed E-state index contributed by atoms with van der Waals surface area (Å²) < 4.78 is 0. The van der Waals surface area contributed by atoms with Crippen molar-refractivity contribution < 1.29 is 4.79 Å². The van der Waals surface area contributed by atoms with Gasteiger partial charge in [-0.15, -0.1) is 11.8 Å². The topological polar surface area (TPSA) is 36.1 Å². The van der Waals surface area contributed by atoms with Crippen LogP contribution < -0.4 is 0 Å². The summed E-state index contributed by atoms with van der Waals surface area (Å²) in [5.41, 5.74) is 3.76. The van der Waals surface area contributed by atoms with E-state index in [1.54, 1.807) is 11.8 Å². The van der Waals surface area contributed by atoms with Crippen LogP contribution in [0.25, 0.3) is 0 Å². The second kappa shape index (κ2) is 5.51. The van der Waals surface area contributed by atoms with E-state index in [0.717, 1.165) is 25.8 Å². The van der Waals surface area contributed by atoms with Gasteiger partial charge in [-0.3, -0.25) is 4.79 Å². The fourth-order valence-electron chi connectivity index (χ4n) is 3.56. The van der Waals surface area contributed by atoms with Gasteiger partial charge < -0.3 is 9.88 Å². The zero-order valence-corrected chi connectivity index (χ0v) is 13.5. The van der Waals surface area contributed by atoms with Gasteiger partial charge in [0.15, 0.2) is 0 Å². The zero-order chi connectivity index (χ0) is 15.1. The average Bonchev–Trinajstić information content (AvgIpc) is 3.24. The van der Waals surface area contributed by atoms with Gasteiger partial charge in [-0.1, -0.05) is 17.7 Å². The third-order valence-electron chi connectivity index (χ3n) is 4.69. The van der Waals surface area contributed by atoms with Gasteiger partial charge in [0.2, 0.25) is 5.91 Å². The molecule has 1 N–H and O–H groups in total. The molecule has 0 bridgehead atoms. The number of thioether (sulfide) groups is 1. The molecule has 0 spiro atoms. The summed E-state index contributed by atoms with van der Waals surface area (Å²) in [6, 6.07) is 10.9. The molecular weight excluding hydrogens is 292 g/mol. The van der Waals surface area contributed by atoms with E-state index in [1.807, 2.05) is 12.3 Å². The summed E-state index contributed by atoms with van der Waals surface area (Å²) in [5, 5.41) is 0.0485. The molecular formula is C18H20N2OS. The number of hydrogen-bond acceptors (Lipinski definition) is 2. The van der Waals surface area contributed by atoms with Gasteiger partial charge in [-0.05, 0) is 49.9 Å². The molecule has 1 saturated heterocycles. The molecule has 2 aliphatic heterocycles. The number of benzene rings is 1. The van der Waals surface area contributed by atoms with Crippen molar-refractivity contribution in [3.05, 3.63) is 53.3 Å². The highest BCUT2D eigenvalue weighted by Gasteiger charge is 2.37. The predicted molar refractivity (Wildman–Crippen MR) is 89.0 cm³/mol. The Morgan fingerprint density at radius 3 is 3.09 bits per heavy atom. The summed E-state index contributed by atoms with van der Waals surface area (Å²) in [7, 11) is 0. The lowest BCUT2D eigenvalue weighted by molar-refractivity contribution is -0.131.